The van der Waals surface area contributed by atoms with E-state index in [1.54, 1.807) is 19.4 Å². The molecule has 2 aromatic rings. The number of nitriles is 1. The molecule has 1 saturated heterocycles. The van der Waals surface area contributed by atoms with Gasteiger partial charge in [-0.2, -0.15) is 5.26 Å². The quantitative estimate of drug-likeness (QED) is 0.523. The fraction of sp³-hybridized carbons (Fsp3) is 0.640. The van der Waals surface area contributed by atoms with E-state index in [0.717, 1.165) is 32.3 Å². The first kappa shape index (κ1) is 25.2. The maximum atomic E-state index is 9.64. The van der Waals surface area contributed by atoms with Crippen LogP contribution >= 0.6 is 0 Å². The first-order valence-corrected chi connectivity index (χ1v) is 12.4. The second-order valence-corrected chi connectivity index (χ2v) is 9.52. The van der Waals surface area contributed by atoms with Crippen LogP contribution in [0.4, 0.5) is 5.95 Å². The van der Waals surface area contributed by atoms with Crippen molar-refractivity contribution in [3.63, 3.8) is 0 Å². The van der Waals surface area contributed by atoms with Gasteiger partial charge in [-0.1, -0.05) is 0 Å². The highest BCUT2D eigenvalue weighted by molar-refractivity contribution is 5.56. The van der Waals surface area contributed by atoms with Crippen LogP contribution in [0.1, 0.15) is 45.4 Å². The molecule has 2 aromatic heterocycles. The van der Waals surface area contributed by atoms with Gasteiger partial charge in [-0.05, 0) is 51.5 Å². The summed E-state index contributed by atoms with van der Waals surface area (Å²) in [7, 11) is 1.74. The molecule has 4 rings (SSSR count). The van der Waals surface area contributed by atoms with Gasteiger partial charge < -0.3 is 24.8 Å². The molecule has 1 atom stereocenters. The minimum atomic E-state index is -0.536. The lowest BCUT2D eigenvalue weighted by Crippen LogP contribution is -2.43. The number of hydrogen-bond acceptors (Lipinski definition) is 10. The first-order valence-electron chi connectivity index (χ1n) is 12.4. The molecule has 10 heteroatoms. The summed E-state index contributed by atoms with van der Waals surface area (Å²) in [6, 6.07) is 7.21. The molecular formula is C25H35N7O3. The third kappa shape index (κ3) is 7.07. The van der Waals surface area contributed by atoms with Gasteiger partial charge in [-0.25, -0.2) is 19.9 Å². The molecule has 2 aliphatic rings. The van der Waals surface area contributed by atoms with Crippen LogP contribution in [0.15, 0.2) is 24.7 Å². The van der Waals surface area contributed by atoms with Gasteiger partial charge in [0.25, 0.3) is 0 Å². The smallest absolute Gasteiger partial charge is 0.223 e. The lowest BCUT2D eigenvalue weighted by molar-refractivity contribution is 0.0183. The average Bonchev–Trinajstić information content (AvgIpc) is 2.90. The minimum Gasteiger partial charge on any atom is -0.476 e. The first-order chi connectivity index (χ1) is 17.1. The van der Waals surface area contributed by atoms with E-state index < -0.39 is 5.41 Å². The van der Waals surface area contributed by atoms with Crippen LogP contribution in [-0.2, 0) is 9.47 Å². The Balaban J connectivity index is 1.33. The second kappa shape index (κ2) is 12.2. The molecule has 1 aliphatic heterocycles. The highest BCUT2D eigenvalue weighted by Gasteiger charge is 2.34. The fourth-order valence-electron chi connectivity index (χ4n) is 4.68. The number of rotatable bonds is 10. The molecule has 1 aliphatic carbocycles. The van der Waals surface area contributed by atoms with Crippen LogP contribution in [0, 0.1) is 16.7 Å². The maximum Gasteiger partial charge on any atom is 0.223 e. The third-order valence-electron chi connectivity index (χ3n) is 6.74. The molecule has 0 unspecified atom stereocenters. The number of methoxy groups -OCH3 is 1. The molecule has 2 N–H and O–H groups in total. The molecule has 0 radical (unpaired) electrons. The molecule has 188 valence electrons. The van der Waals surface area contributed by atoms with Crippen LogP contribution in [0.5, 0.6) is 5.88 Å². The maximum absolute atomic E-state index is 9.64. The Labute approximate surface area is 206 Å². The van der Waals surface area contributed by atoms with Crippen LogP contribution in [0.25, 0.3) is 11.4 Å². The van der Waals surface area contributed by atoms with Crippen molar-refractivity contribution < 1.29 is 14.2 Å². The normalized spacial score (nSPS) is 22.7. The van der Waals surface area contributed by atoms with Crippen molar-refractivity contribution in [1.82, 2.24) is 25.3 Å². The fourth-order valence-corrected chi connectivity index (χ4v) is 4.68. The Hall–Kier alpha value is -2.87. The Morgan fingerprint density at radius 1 is 1.14 bits per heavy atom. The number of aromatic nitrogens is 4. The number of nitrogens with one attached hydrogen (secondary N) is 2. The predicted molar refractivity (Wildman–Crippen MR) is 131 cm³/mol. The summed E-state index contributed by atoms with van der Waals surface area (Å²) >= 11 is 0. The number of nitrogens with zero attached hydrogens (tertiary/aromatic N) is 5. The van der Waals surface area contributed by atoms with Gasteiger partial charge in [0.1, 0.15) is 12.9 Å². The van der Waals surface area contributed by atoms with E-state index >= 15 is 0 Å². The van der Waals surface area contributed by atoms with Crippen molar-refractivity contribution in [3.05, 3.63) is 24.7 Å². The van der Waals surface area contributed by atoms with Gasteiger partial charge in [0, 0.05) is 50.7 Å². The lowest BCUT2D eigenvalue weighted by Gasteiger charge is -2.31. The minimum absolute atomic E-state index is 0.279. The predicted octanol–water partition coefficient (Wildman–Crippen LogP) is 2.98. The number of hydrogen-bond donors (Lipinski definition) is 2. The Morgan fingerprint density at radius 2 is 1.91 bits per heavy atom. The summed E-state index contributed by atoms with van der Waals surface area (Å²) in [5, 5.41) is 16.8. The summed E-state index contributed by atoms with van der Waals surface area (Å²) in [6.07, 6.45) is 8.84. The van der Waals surface area contributed by atoms with Gasteiger partial charge in [0.15, 0.2) is 0 Å². The largest absolute Gasteiger partial charge is 0.476 e. The molecule has 0 bridgehead atoms. The highest BCUT2D eigenvalue weighted by atomic mass is 16.5. The molecule has 0 amide bonds. The molecule has 10 nitrogen and oxygen atoms in total. The Morgan fingerprint density at radius 3 is 2.66 bits per heavy atom. The zero-order valence-corrected chi connectivity index (χ0v) is 20.6. The third-order valence-corrected chi connectivity index (χ3v) is 6.74. The monoisotopic (exact) mass is 481 g/mol. The van der Waals surface area contributed by atoms with Gasteiger partial charge in [0.05, 0.1) is 29.5 Å². The van der Waals surface area contributed by atoms with Crippen LogP contribution in [-0.4, -0.2) is 71.6 Å². The van der Waals surface area contributed by atoms with Gasteiger partial charge in [-0.3, -0.25) is 0 Å². The zero-order valence-electron chi connectivity index (χ0n) is 20.6. The summed E-state index contributed by atoms with van der Waals surface area (Å²) < 4.78 is 16.5. The van der Waals surface area contributed by atoms with Crippen molar-refractivity contribution in [2.45, 2.75) is 63.6 Å². The molecular weight excluding hydrogens is 446 g/mol. The number of anilines is 1. The van der Waals surface area contributed by atoms with Crippen molar-refractivity contribution in [2.24, 2.45) is 5.41 Å². The lowest BCUT2D eigenvalue weighted by atomic mass is 9.83. The van der Waals surface area contributed by atoms with Crippen molar-refractivity contribution in [1.29, 1.82) is 5.26 Å². The number of ether oxygens (including phenoxy) is 3. The van der Waals surface area contributed by atoms with Crippen LogP contribution < -0.4 is 15.4 Å². The van der Waals surface area contributed by atoms with E-state index in [2.05, 4.69) is 43.6 Å². The summed E-state index contributed by atoms with van der Waals surface area (Å²) in [5.74, 6) is 1.02. The van der Waals surface area contributed by atoms with Crippen LogP contribution in [0.2, 0.25) is 0 Å². The van der Waals surface area contributed by atoms with E-state index in [1.807, 2.05) is 6.07 Å². The van der Waals surface area contributed by atoms with E-state index in [-0.39, 0.29) is 6.61 Å². The summed E-state index contributed by atoms with van der Waals surface area (Å²) in [4.78, 5) is 17.7. The second-order valence-electron chi connectivity index (χ2n) is 9.52. The van der Waals surface area contributed by atoms with E-state index in [1.165, 1.54) is 6.33 Å². The van der Waals surface area contributed by atoms with Crippen molar-refractivity contribution in [3.8, 4) is 23.3 Å². The molecule has 2 fully saturated rings. The molecule has 0 aromatic carbocycles. The van der Waals surface area contributed by atoms with Gasteiger partial charge >= 0.3 is 0 Å². The highest BCUT2D eigenvalue weighted by Crippen LogP contribution is 2.31. The standard InChI is InChI=1S/C25H35N7O3/c1-18(14-33-2)30-19-3-5-20(6-4-19)31-24-27-10-7-21(32-24)22-13-23(29-17-28-22)35-16-25(15-26)8-11-34-12-9-25/h7,10,13,17-20,30H,3-6,8-9,11-12,14,16H2,1-2H3,(H,27,31,32)/t18-,19?,20?/m0/s1. The van der Waals surface area contributed by atoms with Crippen LogP contribution in [0.3, 0.4) is 0 Å². The van der Waals surface area contributed by atoms with E-state index in [9.17, 15) is 5.26 Å². The molecule has 35 heavy (non-hydrogen) atoms. The molecule has 1 saturated carbocycles. The molecule has 3 heterocycles. The van der Waals surface area contributed by atoms with E-state index in [0.29, 0.717) is 67.4 Å². The Bertz CT molecular complexity index is 985. The van der Waals surface area contributed by atoms with Gasteiger partial charge in [-0.15, -0.1) is 0 Å². The Kier molecular flexibility index (Phi) is 8.79. The van der Waals surface area contributed by atoms with Crippen molar-refractivity contribution >= 4 is 5.95 Å². The zero-order chi connectivity index (χ0) is 24.5. The summed E-state index contributed by atoms with van der Waals surface area (Å²) in [5.41, 5.74) is 0.809. The van der Waals surface area contributed by atoms with E-state index in [4.69, 9.17) is 14.2 Å². The van der Waals surface area contributed by atoms with Crippen molar-refractivity contribution in [2.75, 3.05) is 38.9 Å². The SMILES string of the molecule is COC[C@H](C)NC1CCC(Nc2nccc(-c3cc(OCC4(C#N)CCOCC4)ncn3)n2)CC1. The molecule has 0 spiro atoms. The van der Waals surface area contributed by atoms with Gasteiger partial charge in [0.2, 0.25) is 11.8 Å². The summed E-state index contributed by atoms with van der Waals surface area (Å²) in [6.45, 7) is 4.31. The average molecular weight is 482 g/mol. The topological polar surface area (TPSA) is 127 Å².